The van der Waals surface area contributed by atoms with Crippen molar-refractivity contribution < 1.29 is 4.79 Å². The van der Waals surface area contributed by atoms with Gasteiger partial charge in [-0.05, 0) is 29.4 Å². The smallest absolute Gasteiger partial charge is 0.261 e. The molecule has 1 aromatic carbocycles. The van der Waals surface area contributed by atoms with E-state index in [0.29, 0.717) is 13.1 Å². The maximum Gasteiger partial charge on any atom is 0.261 e. The summed E-state index contributed by atoms with van der Waals surface area (Å²) in [6.07, 6.45) is 0.754. The zero-order valence-electron chi connectivity index (χ0n) is 12.9. The Bertz CT molecular complexity index is 779. The highest BCUT2D eigenvalue weighted by molar-refractivity contribution is 5.97. The van der Waals surface area contributed by atoms with E-state index in [0.717, 1.165) is 17.3 Å². The molecule has 2 heterocycles. The minimum atomic E-state index is -0.337. The van der Waals surface area contributed by atoms with Crippen LogP contribution in [0.15, 0.2) is 35.1 Å². The average Bonchev–Trinajstić information content (AvgIpc) is 2.48. The van der Waals surface area contributed by atoms with Crippen LogP contribution in [0.1, 0.15) is 30.6 Å². The normalized spacial score (nSPS) is 21.0. The van der Waals surface area contributed by atoms with Gasteiger partial charge in [-0.15, -0.1) is 0 Å². The molecule has 1 amide bonds. The zero-order chi connectivity index (χ0) is 15.9. The van der Waals surface area contributed by atoms with Crippen molar-refractivity contribution in [1.82, 2.24) is 9.88 Å². The summed E-state index contributed by atoms with van der Waals surface area (Å²) in [4.78, 5) is 29.5. The predicted molar refractivity (Wildman–Crippen MR) is 86.8 cm³/mol. The average molecular weight is 299 g/mol. The van der Waals surface area contributed by atoms with Gasteiger partial charge in [-0.2, -0.15) is 0 Å². The van der Waals surface area contributed by atoms with Gasteiger partial charge in [-0.3, -0.25) is 9.59 Å². The maximum absolute atomic E-state index is 12.7. The molecule has 1 aromatic heterocycles. The van der Waals surface area contributed by atoms with E-state index >= 15 is 0 Å². The molecule has 0 saturated carbocycles. The number of hydrogen-bond acceptors (Lipinski definition) is 3. The van der Waals surface area contributed by atoms with Gasteiger partial charge in [0, 0.05) is 24.6 Å². The third kappa shape index (κ3) is 2.52. The van der Waals surface area contributed by atoms with Gasteiger partial charge < -0.3 is 15.6 Å². The van der Waals surface area contributed by atoms with Crippen molar-refractivity contribution in [3.05, 3.63) is 46.2 Å². The molecule has 22 heavy (non-hydrogen) atoms. The van der Waals surface area contributed by atoms with E-state index in [9.17, 15) is 9.59 Å². The summed E-state index contributed by atoms with van der Waals surface area (Å²) in [5.74, 6) is -0.216. The highest BCUT2D eigenvalue weighted by Gasteiger charge is 2.36. The van der Waals surface area contributed by atoms with Gasteiger partial charge >= 0.3 is 0 Å². The first kappa shape index (κ1) is 14.8. The van der Waals surface area contributed by atoms with Gasteiger partial charge in [-0.25, -0.2) is 0 Å². The molecule has 3 N–H and O–H groups in total. The van der Waals surface area contributed by atoms with Crippen molar-refractivity contribution in [2.75, 3.05) is 13.1 Å². The molecular formula is C17H21N3O2. The zero-order valence-corrected chi connectivity index (χ0v) is 12.9. The number of nitrogens with one attached hydrogen (secondary N) is 1. The summed E-state index contributed by atoms with van der Waals surface area (Å²) < 4.78 is 0. The number of nitrogens with zero attached hydrogens (tertiary/aromatic N) is 1. The number of amides is 1. The van der Waals surface area contributed by atoms with Gasteiger partial charge in [0.2, 0.25) is 0 Å². The van der Waals surface area contributed by atoms with Gasteiger partial charge in [0.25, 0.3) is 11.5 Å². The number of piperidine rings is 1. The Balaban J connectivity index is 1.95. The van der Waals surface area contributed by atoms with Crippen LogP contribution in [0.4, 0.5) is 0 Å². The quantitative estimate of drug-likeness (QED) is 0.841. The fraction of sp³-hybridized carbons (Fsp3) is 0.412. The van der Waals surface area contributed by atoms with Crippen molar-refractivity contribution in [3.8, 4) is 0 Å². The standard InChI is InChI=1S/C17H21N3O2/c1-17(2)10-20(8-7-14(17)18)16(22)12-9-11-5-3-4-6-13(11)19-15(12)21/h3-6,9,14H,7-8,10,18H2,1-2H3,(H,19,21). The number of rotatable bonds is 1. The highest BCUT2D eigenvalue weighted by atomic mass is 16.2. The lowest BCUT2D eigenvalue weighted by Gasteiger charge is -2.42. The van der Waals surface area contributed by atoms with Crippen LogP contribution in [-0.4, -0.2) is 34.9 Å². The number of likely N-dealkylation sites (tertiary alicyclic amines) is 1. The van der Waals surface area contributed by atoms with Crippen LogP contribution < -0.4 is 11.3 Å². The van der Waals surface area contributed by atoms with Crippen molar-refractivity contribution in [1.29, 1.82) is 0 Å². The molecule has 2 aromatic rings. The molecule has 0 radical (unpaired) electrons. The van der Waals surface area contributed by atoms with E-state index < -0.39 is 0 Å². The SMILES string of the molecule is CC1(C)CN(C(=O)c2cc3ccccc3[nH]c2=O)CCC1N. The first-order chi connectivity index (χ1) is 10.4. The van der Waals surface area contributed by atoms with Crippen LogP contribution >= 0.6 is 0 Å². The van der Waals surface area contributed by atoms with Crippen LogP contribution in [0.25, 0.3) is 10.9 Å². The third-order valence-electron chi connectivity index (χ3n) is 4.58. The van der Waals surface area contributed by atoms with Gasteiger partial charge in [0.05, 0.1) is 0 Å². The lowest BCUT2D eigenvalue weighted by Crippen LogP contribution is -2.54. The minimum absolute atomic E-state index is 0.0754. The molecule has 1 saturated heterocycles. The molecule has 0 aliphatic carbocycles. The van der Waals surface area contributed by atoms with E-state index in [2.05, 4.69) is 18.8 Å². The maximum atomic E-state index is 12.7. The number of hydrogen-bond donors (Lipinski definition) is 2. The second kappa shape index (κ2) is 5.25. The monoisotopic (exact) mass is 299 g/mol. The first-order valence-corrected chi connectivity index (χ1v) is 7.55. The Hall–Kier alpha value is -2.14. The van der Waals surface area contributed by atoms with E-state index in [1.165, 1.54) is 0 Å². The second-order valence-corrected chi connectivity index (χ2v) is 6.71. The number of para-hydroxylation sites is 1. The van der Waals surface area contributed by atoms with Crippen LogP contribution in [0.2, 0.25) is 0 Å². The van der Waals surface area contributed by atoms with E-state index in [4.69, 9.17) is 5.73 Å². The number of fused-ring (bicyclic) bond motifs is 1. The molecule has 0 bridgehead atoms. The second-order valence-electron chi connectivity index (χ2n) is 6.71. The van der Waals surface area contributed by atoms with Gasteiger partial charge in [-0.1, -0.05) is 32.0 Å². The molecule has 5 heteroatoms. The van der Waals surface area contributed by atoms with Crippen molar-refractivity contribution in [2.24, 2.45) is 11.1 Å². The Morgan fingerprint density at radius 3 is 2.82 bits per heavy atom. The summed E-state index contributed by atoms with van der Waals surface area (Å²) >= 11 is 0. The number of carbonyl (C=O) groups excluding carboxylic acids is 1. The summed E-state index contributed by atoms with van der Waals surface area (Å²) in [7, 11) is 0. The van der Waals surface area contributed by atoms with Crippen LogP contribution in [-0.2, 0) is 0 Å². The summed E-state index contributed by atoms with van der Waals surface area (Å²) in [6, 6.07) is 9.21. The highest BCUT2D eigenvalue weighted by Crippen LogP contribution is 2.28. The fourth-order valence-corrected chi connectivity index (χ4v) is 3.02. The van der Waals surface area contributed by atoms with Gasteiger partial charge in [0.1, 0.15) is 5.56 Å². The summed E-state index contributed by atoms with van der Waals surface area (Å²) in [5, 5.41) is 0.860. The largest absolute Gasteiger partial charge is 0.338 e. The van der Waals surface area contributed by atoms with E-state index in [1.54, 1.807) is 11.0 Å². The fourth-order valence-electron chi connectivity index (χ4n) is 3.02. The number of pyridine rings is 1. The van der Waals surface area contributed by atoms with Crippen molar-refractivity contribution >= 4 is 16.8 Å². The Morgan fingerprint density at radius 2 is 2.09 bits per heavy atom. The number of aromatic amines is 1. The molecule has 1 aliphatic heterocycles. The predicted octanol–water partition coefficient (Wildman–Crippen LogP) is 1.73. The lowest BCUT2D eigenvalue weighted by atomic mass is 9.79. The number of carbonyl (C=O) groups is 1. The number of H-pyrrole nitrogens is 1. The Kier molecular flexibility index (Phi) is 3.53. The molecular weight excluding hydrogens is 278 g/mol. The molecule has 1 fully saturated rings. The summed E-state index contributed by atoms with van der Waals surface area (Å²) in [6.45, 7) is 5.28. The van der Waals surface area contributed by atoms with Gasteiger partial charge in [0.15, 0.2) is 0 Å². The molecule has 3 rings (SSSR count). The Morgan fingerprint density at radius 1 is 1.36 bits per heavy atom. The Labute approximate surface area is 129 Å². The van der Waals surface area contributed by atoms with E-state index in [1.807, 2.05) is 24.3 Å². The number of benzene rings is 1. The molecule has 0 spiro atoms. The third-order valence-corrected chi connectivity index (χ3v) is 4.58. The number of aromatic nitrogens is 1. The first-order valence-electron chi connectivity index (χ1n) is 7.55. The molecule has 1 atom stereocenters. The molecule has 1 unspecified atom stereocenters. The molecule has 116 valence electrons. The van der Waals surface area contributed by atoms with Crippen LogP contribution in [0.3, 0.4) is 0 Å². The van der Waals surface area contributed by atoms with Crippen LogP contribution in [0.5, 0.6) is 0 Å². The van der Waals surface area contributed by atoms with E-state index in [-0.39, 0.29) is 28.5 Å². The minimum Gasteiger partial charge on any atom is -0.338 e. The van der Waals surface area contributed by atoms with Crippen LogP contribution in [0, 0.1) is 5.41 Å². The van der Waals surface area contributed by atoms with Crippen molar-refractivity contribution in [3.63, 3.8) is 0 Å². The number of nitrogens with two attached hydrogens (primary N) is 1. The molecule has 5 nitrogen and oxygen atoms in total. The van der Waals surface area contributed by atoms with Crippen molar-refractivity contribution in [2.45, 2.75) is 26.3 Å². The summed E-state index contributed by atoms with van der Waals surface area (Å²) in [5.41, 5.74) is 6.57. The molecule has 1 aliphatic rings. The topological polar surface area (TPSA) is 79.2 Å². The lowest BCUT2D eigenvalue weighted by molar-refractivity contribution is 0.0531.